The van der Waals surface area contributed by atoms with Crippen LogP contribution in [0.1, 0.15) is 23.2 Å². The molecule has 0 spiro atoms. The van der Waals surface area contributed by atoms with Crippen LogP contribution in [0, 0.1) is 0 Å². The van der Waals surface area contributed by atoms with Crippen molar-refractivity contribution in [1.82, 2.24) is 10.3 Å². The molecule has 0 fully saturated rings. The van der Waals surface area contributed by atoms with Crippen LogP contribution in [0.25, 0.3) is 6.08 Å². The van der Waals surface area contributed by atoms with E-state index in [9.17, 15) is 9.59 Å². The maximum Gasteiger partial charge on any atom is 0.407 e. The van der Waals surface area contributed by atoms with E-state index in [0.717, 1.165) is 11.1 Å². The number of aromatic nitrogens is 1. The average Bonchev–Trinajstić information content (AvgIpc) is 2.61. The van der Waals surface area contributed by atoms with E-state index in [1.165, 1.54) is 0 Å². The van der Waals surface area contributed by atoms with Crippen molar-refractivity contribution in [3.8, 4) is 0 Å². The lowest BCUT2D eigenvalue weighted by Crippen LogP contribution is -2.24. The Bertz CT molecular complexity index is 712. The number of carboxylic acids is 1. The van der Waals surface area contributed by atoms with Gasteiger partial charge in [0.25, 0.3) is 0 Å². The summed E-state index contributed by atoms with van der Waals surface area (Å²) in [5, 5.41) is 11.4. The fourth-order valence-electron chi connectivity index (χ4n) is 2.05. The molecule has 25 heavy (non-hydrogen) atoms. The van der Waals surface area contributed by atoms with Gasteiger partial charge >= 0.3 is 12.1 Å². The maximum absolute atomic E-state index is 11.6. The summed E-state index contributed by atoms with van der Waals surface area (Å²) in [6, 6.07) is 13.0. The fourth-order valence-corrected chi connectivity index (χ4v) is 2.05. The highest BCUT2D eigenvalue weighted by Crippen LogP contribution is 2.04. The molecule has 0 atom stereocenters. The molecule has 1 heterocycles. The minimum atomic E-state index is -0.902. The highest BCUT2D eigenvalue weighted by atomic mass is 16.5. The Kier molecular flexibility index (Phi) is 7.18. The minimum Gasteiger partial charge on any atom is -0.481 e. The summed E-state index contributed by atoms with van der Waals surface area (Å²) in [6.45, 7) is 0.714. The van der Waals surface area contributed by atoms with Crippen molar-refractivity contribution >= 4 is 18.1 Å². The van der Waals surface area contributed by atoms with Crippen LogP contribution in [0.5, 0.6) is 0 Å². The van der Waals surface area contributed by atoms with Gasteiger partial charge in [0.05, 0.1) is 12.1 Å². The largest absolute Gasteiger partial charge is 0.481 e. The number of carbonyl (C=O) groups excluding carboxylic acids is 1. The van der Waals surface area contributed by atoms with Crippen molar-refractivity contribution in [2.24, 2.45) is 0 Å². The smallest absolute Gasteiger partial charge is 0.407 e. The van der Waals surface area contributed by atoms with Crippen LogP contribution < -0.4 is 5.32 Å². The summed E-state index contributed by atoms with van der Waals surface area (Å²) in [6.07, 6.45) is 5.52. The maximum atomic E-state index is 11.6. The Morgan fingerprint density at radius 3 is 2.64 bits per heavy atom. The van der Waals surface area contributed by atoms with Crippen molar-refractivity contribution in [3.63, 3.8) is 0 Å². The fraction of sp³-hybridized carbons (Fsp3) is 0.211. The Hall–Kier alpha value is -3.15. The van der Waals surface area contributed by atoms with Crippen LogP contribution in [-0.2, 0) is 22.6 Å². The topological polar surface area (TPSA) is 88.5 Å². The Morgan fingerprint density at radius 2 is 1.96 bits per heavy atom. The molecule has 2 N–H and O–H groups in total. The van der Waals surface area contributed by atoms with Gasteiger partial charge in [-0.25, -0.2) is 4.79 Å². The summed E-state index contributed by atoms with van der Waals surface area (Å²) in [5.74, 6) is -0.902. The summed E-state index contributed by atoms with van der Waals surface area (Å²) >= 11 is 0. The van der Waals surface area contributed by atoms with E-state index in [0.29, 0.717) is 18.7 Å². The molecule has 1 aromatic heterocycles. The summed E-state index contributed by atoms with van der Waals surface area (Å²) in [7, 11) is 0. The molecule has 0 unspecified atom stereocenters. The van der Waals surface area contributed by atoms with E-state index in [2.05, 4.69) is 10.3 Å². The van der Waals surface area contributed by atoms with Crippen molar-refractivity contribution in [1.29, 1.82) is 0 Å². The number of rotatable bonds is 8. The van der Waals surface area contributed by atoms with E-state index in [-0.39, 0.29) is 13.0 Å². The molecule has 0 radical (unpaired) electrons. The molecule has 1 amide bonds. The minimum absolute atomic E-state index is 0.0843. The number of carboxylic acid groups (broad SMARTS) is 1. The Balaban J connectivity index is 1.64. The molecule has 0 bridgehead atoms. The zero-order valence-electron chi connectivity index (χ0n) is 13.7. The third-order valence-corrected chi connectivity index (χ3v) is 3.28. The van der Waals surface area contributed by atoms with Gasteiger partial charge in [0, 0.05) is 12.7 Å². The molecule has 1 aromatic carbocycles. The summed E-state index contributed by atoms with van der Waals surface area (Å²) in [5.41, 5.74) is 2.34. The predicted molar refractivity (Wildman–Crippen MR) is 93.9 cm³/mol. The van der Waals surface area contributed by atoms with Gasteiger partial charge in [0.15, 0.2) is 0 Å². The molecule has 130 valence electrons. The number of carbonyl (C=O) groups is 2. The Morgan fingerprint density at radius 1 is 1.16 bits per heavy atom. The molecule has 0 aliphatic rings. The standard InChI is InChI=1S/C19H20N2O4/c22-18(23)12-17-10-9-15(13-21-17)6-4-5-11-20-19(24)25-14-16-7-2-1-3-8-16/h1-4,6-10,13H,5,11-12,14H2,(H,20,24)(H,22,23). The van der Waals surface area contributed by atoms with Gasteiger partial charge in [-0.3, -0.25) is 9.78 Å². The number of nitrogens with zero attached hydrogens (tertiary/aromatic N) is 1. The van der Waals surface area contributed by atoms with Gasteiger partial charge in [-0.1, -0.05) is 48.6 Å². The van der Waals surface area contributed by atoms with Crippen molar-refractivity contribution < 1.29 is 19.4 Å². The quantitative estimate of drug-likeness (QED) is 0.721. The zero-order chi connectivity index (χ0) is 17.9. The van der Waals surface area contributed by atoms with Gasteiger partial charge in [-0.2, -0.15) is 0 Å². The first-order valence-corrected chi connectivity index (χ1v) is 7.91. The molecule has 6 heteroatoms. The average molecular weight is 340 g/mol. The van der Waals surface area contributed by atoms with Crippen LogP contribution in [0.2, 0.25) is 0 Å². The van der Waals surface area contributed by atoms with Crippen molar-refractivity contribution in [3.05, 3.63) is 71.6 Å². The molecule has 0 aliphatic heterocycles. The summed E-state index contributed by atoms with van der Waals surface area (Å²) in [4.78, 5) is 26.2. The molecule has 0 saturated carbocycles. The lowest BCUT2D eigenvalue weighted by molar-refractivity contribution is -0.136. The number of benzene rings is 1. The molecular weight excluding hydrogens is 320 g/mol. The number of alkyl carbamates (subject to hydrolysis) is 1. The summed E-state index contributed by atoms with van der Waals surface area (Å²) < 4.78 is 5.11. The normalized spacial score (nSPS) is 10.6. The van der Waals surface area contributed by atoms with E-state index in [4.69, 9.17) is 9.84 Å². The predicted octanol–water partition coefficient (Wildman–Crippen LogP) is 3.04. The zero-order valence-corrected chi connectivity index (χ0v) is 13.7. The number of hydrogen-bond donors (Lipinski definition) is 2. The van der Waals surface area contributed by atoms with E-state index < -0.39 is 12.1 Å². The van der Waals surface area contributed by atoms with Crippen LogP contribution in [0.4, 0.5) is 4.79 Å². The third-order valence-electron chi connectivity index (χ3n) is 3.28. The van der Waals surface area contributed by atoms with Gasteiger partial charge in [-0.15, -0.1) is 0 Å². The van der Waals surface area contributed by atoms with Crippen LogP contribution in [-0.4, -0.2) is 28.7 Å². The lowest BCUT2D eigenvalue weighted by atomic mass is 10.2. The van der Waals surface area contributed by atoms with Crippen LogP contribution in [0.3, 0.4) is 0 Å². The van der Waals surface area contributed by atoms with Crippen molar-refractivity contribution in [2.75, 3.05) is 6.54 Å². The lowest BCUT2D eigenvalue weighted by Gasteiger charge is -2.05. The van der Waals surface area contributed by atoms with Gasteiger partial charge in [0.1, 0.15) is 6.61 Å². The number of hydrogen-bond acceptors (Lipinski definition) is 4. The first-order chi connectivity index (χ1) is 12.1. The van der Waals surface area contributed by atoms with Crippen molar-refractivity contribution in [2.45, 2.75) is 19.4 Å². The van der Waals surface area contributed by atoms with Crippen LogP contribution in [0.15, 0.2) is 54.7 Å². The molecule has 0 saturated heterocycles. The third kappa shape index (κ3) is 7.30. The highest BCUT2D eigenvalue weighted by molar-refractivity contribution is 5.69. The number of pyridine rings is 1. The molecule has 2 aromatic rings. The second kappa shape index (κ2) is 9.87. The van der Waals surface area contributed by atoms with Crippen LogP contribution >= 0.6 is 0 Å². The van der Waals surface area contributed by atoms with Gasteiger partial charge in [-0.05, 0) is 23.6 Å². The van der Waals surface area contributed by atoms with E-state index >= 15 is 0 Å². The van der Waals surface area contributed by atoms with Gasteiger partial charge in [0.2, 0.25) is 0 Å². The number of nitrogens with one attached hydrogen (secondary N) is 1. The SMILES string of the molecule is O=C(O)Cc1ccc(C=CCCNC(=O)OCc2ccccc2)cn1. The number of amides is 1. The second-order valence-corrected chi connectivity index (χ2v) is 5.33. The first kappa shape index (κ1) is 18.2. The molecule has 2 rings (SSSR count). The second-order valence-electron chi connectivity index (χ2n) is 5.33. The monoisotopic (exact) mass is 340 g/mol. The number of ether oxygens (including phenoxy) is 1. The molecular formula is C19H20N2O4. The van der Waals surface area contributed by atoms with Gasteiger partial charge < -0.3 is 15.2 Å². The Labute approximate surface area is 146 Å². The molecule has 6 nitrogen and oxygen atoms in total. The first-order valence-electron chi connectivity index (χ1n) is 7.91. The molecule has 0 aliphatic carbocycles. The van der Waals surface area contributed by atoms with E-state index in [1.54, 1.807) is 12.3 Å². The number of aliphatic carboxylic acids is 1. The highest BCUT2D eigenvalue weighted by Gasteiger charge is 2.01. The van der Waals surface area contributed by atoms with E-state index in [1.807, 2.05) is 48.6 Å².